The number of hydrogen-bond acceptors (Lipinski definition) is 6. The third kappa shape index (κ3) is 7.50. The lowest BCUT2D eigenvalue weighted by atomic mass is 9.84. The van der Waals surface area contributed by atoms with Crippen LogP contribution in [0.2, 0.25) is 0 Å². The molecule has 1 amide bonds. The van der Waals surface area contributed by atoms with E-state index in [9.17, 15) is 18.8 Å². The lowest BCUT2D eigenvalue weighted by Gasteiger charge is -2.31. The summed E-state index contributed by atoms with van der Waals surface area (Å²) in [6.45, 7) is 0.589. The molecule has 1 fully saturated rings. The standard InChI is InChI=1S/C36H35FN2O5/c1-43-36(42)33(38-32-13-6-5-12-31(32)34(40)26-8-3-2-4-9-26)24-25-14-20-30(21-15-25)44-23-22-39(35(41)27-10-7-11-27)29-18-16-28(37)17-19-29/h2-6,8-9,12-21,27,33,38H,7,10-11,22-24H2,1H3/t33-/m0/s1. The lowest BCUT2D eigenvalue weighted by Crippen LogP contribution is -2.41. The molecule has 1 atom stereocenters. The highest BCUT2D eigenvalue weighted by Gasteiger charge is 2.30. The Morgan fingerprint density at radius 3 is 2.23 bits per heavy atom. The van der Waals surface area contributed by atoms with Crippen molar-refractivity contribution in [3.63, 3.8) is 0 Å². The van der Waals surface area contributed by atoms with Crippen LogP contribution in [0.4, 0.5) is 15.8 Å². The van der Waals surface area contributed by atoms with Crippen LogP contribution in [-0.4, -0.2) is 44.0 Å². The van der Waals surface area contributed by atoms with Gasteiger partial charge in [0.25, 0.3) is 0 Å². The molecule has 8 heteroatoms. The Morgan fingerprint density at radius 1 is 0.886 bits per heavy atom. The molecule has 1 saturated carbocycles. The molecular weight excluding hydrogens is 559 g/mol. The van der Waals surface area contributed by atoms with Gasteiger partial charge in [0.15, 0.2) is 5.78 Å². The molecular formula is C36H35FN2O5. The van der Waals surface area contributed by atoms with Crippen molar-refractivity contribution in [1.29, 1.82) is 0 Å². The number of hydrogen-bond donors (Lipinski definition) is 1. The molecule has 0 saturated heterocycles. The summed E-state index contributed by atoms with van der Waals surface area (Å²) >= 11 is 0. The normalized spacial score (nSPS) is 13.3. The van der Waals surface area contributed by atoms with E-state index in [1.807, 2.05) is 48.5 Å². The minimum Gasteiger partial charge on any atom is -0.492 e. The SMILES string of the molecule is COC(=O)[C@H](Cc1ccc(OCCN(C(=O)C2CCC2)c2ccc(F)cc2)cc1)Nc1ccccc1C(=O)c1ccccc1. The number of nitrogens with one attached hydrogen (secondary N) is 1. The molecule has 44 heavy (non-hydrogen) atoms. The zero-order valence-electron chi connectivity index (χ0n) is 24.6. The summed E-state index contributed by atoms with van der Waals surface area (Å²) in [6.07, 6.45) is 3.10. The highest BCUT2D eigenvalue weighted by atomic mass is 19.1. The molecule has 7 nitrogen and oxygen atoms in total. The molecule has 226 valence electrons. The molecule has 1 aliphatic carbocycles. The first-order valence-electron chi connectivity index (χ1n) is 14.7. The fourth-order valence-electron chi connectivity index (χ4n) is 5.15. The van der Waals surface area contributed by atoms with E-state index >= 15 is 0 Å². The number of methoxy groups -OCH3 is 1. The van der Waals surface area contributed by atoms with Gasteiger partial charge >= 0.3 is 5.97 Å². The zero-order chi connectivity index (χ0) is 30.9. The second kappa shape index (κ2) is 14.5. The van der Waals surface area contributed by atoms with Crippen LogP contribution in [-0.2, 0) is 20.7 Å². The van der Waals surface area contributed by atoms with Gasteiger partial charge in [0, 0.05) is 34.8 Å². The van der Waals surface area contributed by atoms with Gasteiger partial charge in [0.1, 0.15) is 24.2 Å². The number of carbonyl (C=O) groups excluding carboxylic acids is 3. The van der Waals surface area contributed by atoms with Gasteiger partial charge in [-0.05, 0) is 66.9 Å². The predicted octanol–water partition coefficient (Wildman–Crippen LogP) is 6.47. The van der Waals surface area contributed by atoms with Crippen LogP contribution in [0.1, 0.15) is 40.7 Å². The fraction of sp³-hybridized carbons (Fsp3) is 0.250. The zero-order valence-corrected chi connectivity index (χ0v) is 24.6. The molecule has 5 rings (SSSR count). The van der Waals surface area contributed by atoms with Crippen molar-refractivity contribution in [3.05, 3.63) is 126 Å². The first kappa shape index (κ1) is 30.5. The number of anilines is 2. The maximum atomic E-state index is 13.5. The second-order valence-corrected chi connectivity index (χ2v) is 10.8. The van der Waals surface area contributed by atoms with Gasteiger partial charge in [0.2, 0.25) is 5.91 Å². The van der Waals surface area contributed by atoms with Crippen molar-refractivity contribution in [1.82, 2.24) is 0 Å². The van der Waals surface area contributed by atoms with E-state index in [1.54, 1.807) is 47.4 Å². The van der Waals surface area contributed by atoms with E-state index in [0.717, 1.165) is 24.8 Å². The minimum absolute atomic E-state index is 0.000808. The van der Waals surface area contributed by atoms with Crippen LogP contribution in [0.25, 0.3) is 0 Å². The molecule has 4 aromatic carbocycles. The topological polar surface area (TPSA) is 84.9 Å². The molecule has 0 aromatic heterocycles. The van der Waals surface area contributed by atoms with Crippen LogP contribution in [0.5, 0.6) is 5.75 Å². The Bertz CT molecular complexity index is 1570. The molecule has 0 heterocycles. The number of amides is 1. The summed E-state index contributed by atoms with van der Waals surface area (Å²) in [5.41, 5.74) is 3.07. The van der Waals surface area contributed by atoms with Gasteiger partial charge in [-0.25, -0.2) is 9.18 Å². The van der Waals surface area contributed by atoms with Crippen LogP contribution in [0, 0.1) is 11.7 Å². The van der Waals surface area contributed by atoms with E-state index in [-0.39, 0.29) is 30.0 Å². The Labute approximate surface area is 256 Å². The number of benzene rings is 4. The van der Waals surface area contributed by atoms with Crippen molar-refractivity contribution in [2.75, 3.05) is 30.5 Å². The Kier molecular flexibility index (Phi) is 10.0. The molecule has 0 aliphatic heterocycles. The quantitative estimate of drug-likeness (QED) is 0.141. The van der Waals surface area contributed by atoms with Crippen molar-refractivity contribution >= 4 is 29.0 Å². The molecule has 0 radical (unpaired) electrons. The Morgan fingerprint density at radius 2 is 1.57 bits per heavy atom. The third-order valence-electron chi connectivity index (χ3n) is 7.83. The van der Waals surface area contributed by atoms with Crippen molar-refractivity contribution < 1.29 is 28.2 Å². The first-order valence-corrected chi connectivity index (χ1v) is 14.7. The molecule has 1 N–H and O–H groups in total. The van der Waals surface area contributed by atoms with Crippen LogP contribution >= 0.6 is 0 Å². The summed E-state index contributed by atoms with van der Waals surface area (Å²) in [6, 6.07) is 28.6. The van der Waals surface area contributed by atoms with Crippen molar-refractivity contribution in [2.45, 2.75) is 31.7 Å². The van der Waals surface area contributed by atoms with Crippen LogP contribution in [0.3, 0.4) is 0 Å². The number of rotatable bonds is 13. The Hall–Kier alpha value is -4.98. The number of ketones is 1. The molecule has 0 bridgehead atoms. The van der Waals surface area contributed by atoms with E-state index < -0.39 is 12.0 Å². The average molecular weight is 595 g/mol. The van der Waals surface area contributed by atoms with Crippen molar-refractivity contribution in [3.8, 4) is 5.75 Å². The molecule has 0 unspecified atom stereocenters. The van der Waals surface area contributed by atoms with Gasteiger partial charge < -0.3 is 19.7 Å². The highest BCUT2D eigenvalue weighted by Crippen LogP contribution is 2.30. The summed E-state index contributed by atoms with van der Waals surface area (Å²) in [4.78, 5) is 40.7. The van der Waals surface area contributed by atoms with Gasteiger partial charge in [-0.15, -0.1) is 0 Å². The number of halogens is 1. The molecule has 4 aromatic rings. The maximum absolute atomic E-state index is 13.5. The van der Waals surface area contributed by atoms with Gasteiger partial charge in [0.05, 0.1) is 13.7 Å². The van der Waals surface area contributed by atoms with Gasteiger partial charge in [-0.3, -0.25) is 9.59 Å². The highest BCUT2D eigenvalue weighted by molar-refractivity contribution is 6.12. The third-order valence-corrected chi connectivity index (χ3v) is 7.83. The number of carbonyl (C=O) groups is 3. The number of esters is 1. The summed E-state index contributed by atoms with van der Waals surface area (Å²) in [5.74, 6) is -0.300. The summed E-state index contributed by atoms with van der Waals surface area (Å²) < 4.78 is 24.5. The second-order valence-electron chi connectivity index (χ2n) is 10.8. The molecule has 1 aliphatic rings. The van der Waals surface area contributed by atoms with Crippen LogP contribution < -0.4 is 15.0 Å². The van der Waals surface area contributed by atoms with Gasteiger partial charge in [-0.2, -0.15) is 0 Å². The van der Waals surface area contributed by atoms with Crippen molar-refractivity contribution in [2.24, 2.45) is 5.92 Å². The summed E-state index contributed by atoms with van der Waals surface area (Å²) in [7, 11) is 1.33. The maximum Gasteiger partial charge on any atom is 0.328 e. The number of nitrogens with zero attached hydrogens (tertiary/aromatic N) is 1. The minimum atomic E-state index is -0.738. The predicted molar refractivity (Wildman–Crippen MR) is 167 cm³/mol. The lowest BCUT2D eigenvalue weighted by molar-refractivity contribution is -0.141. The fourth-order valence-corrected chi connectivity index (χ4v) is 5.15. The monoisotopic (exact) mass is 594 g/mol. The van der Waals surface area contributed by atoms with Gasteiger partial charge in [-0.1, -0.05) is 61.0 Å². The number of para-hydroxylation sites is 1. The smallest absolute Gasteiger partial charge is 0.328 e. The Balaban J connectivity index is 1.22. The van der Waals surface area contributed by atoms with E-state index in [1.165, 1.54) is 19.2 Å². The van der Waals surface area contributed by atoms with E-state index in [4.69, 9.17) is 9.47 Å². The summed E-state index contributed by atoms with van der Waals surface area (Å²) in [5, 5.41) is 3.22. The van der Waals surface area contributed by atoms with Crippen LogP contribution in [0.15, 0.2) is 103 Å². The van der Waals surface area contributed by atoms with E-state index in [2.05, 4.69) is 5.32 Å². The average Bonchev–Trinajstić information content (AvgIpc) is 3.03. The molecule has 0 spiro atoms. The van der Waals surface area contributed by atoms with E-state index in [0.29, 0.717) is 41.2 Å². The number of ether oxygens (including phenoxy) is 2. The largest absolute Gasteiger partial charge is 0.492 e. The first-order chi connectivity index (χ1) is 21.4.